The molecule has 1 rings (SSSR count). The van der Waals surface area contributed by atoms with Gasteiger partial charge in [0.1, 0.15) is 0 Å². The predicted molar refractivity (Wildman–Crippen MR) is 64.7 cm³/mol. The zero-order valence-electron chi connectivity index (χ0n) is 11.5. The van der Waals surface area contributed by atoms with Gasteiger partial charge in [0.2, 0.25) is 0 Å². The first-order chi connectivity index (χ1) is 8.30. The average Bonchev–Trinajstić information content (AvgIpc) is 2.52. The number of aliphatic hydroxyl groups is 1. The summed E-state index contributed by atoms with van der Waals surface area (Å²) in [5.41, 5.74) is -2.41. The first kappa shape index (κ1) is 15.0. The molecular weight excluding hydrogens is 236 g/mol. The summed E-state index contributed by atoms with van der Waals surface area (Å²) >= 11 is 0. The molecule has 104 valence electrons. The minimum atomic E-state index is -1.35. The van der Waals surface area contributed by atoms with Gasteiger partial charge in [-0.3, -0.25) is 9.59 Å². The summed E-state index contributed by atoms with van der Waals surface area (Å²) in [7, 11) is 0. The Hall–Kier alpha value is -1.10. The highest BCUT2D eigenvalue weighted by Gasteiger charge is 2.60. The highest BCUT2D eigenvalue weighted by Crippen LogP contribution is 2.49. The maximum absolute atomic E-state index is 12.1. The van der Waals surface area contributed by atoms with E-state index < -0.39 is 23.0 Å². The second kappa shape index (κ2) is 5.26. The maximum Gasteiger partial charge on any atom is 0.323 e. The van der Waals surface area contributed by atoms with Gasteiger partial charge in [-0.05, 0) is 33.1 Å². The van der Waals surface area contributed by atoms with Crippen LogP contribution in [0.15, 0.2) is 0 Å². The second-order valence-corrected chi connectivity index (χ2v) is 5.16. The highest BCUT2D eigenvalue weighted by atomic mass is 16.6. The van der Waals surface area contributed by atoms with Crippen molar-refractivity contribution in [3.8, 4) is 0 Å². The molecule has 5 nitrogen and oxygen atoms in total. The third kappa shape index (κ3) is 2.51. The van der Waals surface area contributed by atoms with Crippen molar-refractivity contribution in [1.29, 1.82) is 0 Å². The zero-order chi connectivity index (χ0) is 14.0. The minimum absolute atomic E-state index is 0.0544. The Labute approximate surface area is 107 Å². The van der Waals surface area contributed by atoms with Gasteiger partial charge in [-0.25, -0.2) is 0 Å². The summed E-state index contributed by atoms with van der Waals surface area (Å²) in [6, 6.07) is 0. The maximum atomic E-state index is 12.1. The third-order valence-electron chi connectivity index (χ3n) is 3.71. The molecule has 0 amide bonds. The van der Waals surface area contributed by atoms with Gasteiger partial charge in [-0.15, -0.1) is 0 Å². The van der Waals surface area contributed by atoms with E-state index in [1.54, 1.807) is 20.8 Å². The summed E-state index contributed by atoms with van der Waals surface area (Å²) in [5, 5.41) is 10.2. The number of hydrogen-bond acceptors (Lipinski definition) is 5. The van der Waals surface area contributed by atoms with Gasteiger partial charge in [-0.1, -0.05) is 6.92 Å². The molecule has 1 fully saturated rings. The summed E-state index contributed by atoms with van der Waals surface area (Å²) in [6.07, 6.45) is 0.316. The Kier molecular flexibility index (Phi) is 4.37. The smallest absolute Gasteiger partial charge is 0.323 e. The Bertz CT molecular complexity index is 316. The summed E-state index contributed by atoms with van der Waals surface area (Å²) in [4.78, 5) is 24.2. The molecule has 0 aromatic heterocycles. The molecule has 0 aromatic carbocycles. The molecule has 1 saturated carbocycles. The Morgan fingerprint density at radius 3 is 1.94 bits per heavy atom. The van der Waals surface area contributed by atoms with Crippen LogP contribution in [0.4, 0.5) is 0 Å². The molecule has 1 N–H and O–H groups in total. The number of esters is 2. The van der Waals surface area contributed by atoms with Crippen LogP contribution >= 0.6 is 0 Å². The molecule has 0 aliphatic heterocycles. The number of carbonyl (C=O) groups is 2. The number of hydrogen-bond donors (Lipinski definition) is 1. The fraction of sp³-hybridized carbons (Fsp3) is 0.846. The summed E-state index contributed by atoms with van der Waals surface area (Å²) in [5.74, 6) is -1.34. The van der Waals surface area contributed by atoms with Crippen LogP contribution in [0.2, 0.25) is 0 Å². The molecule has 0 saturated heterocycles. The van der Waals surface area contributed by atoms with Crippen LogP contribution in [0.3, 0.4) is 0 Å². The van der Waals surface area contributed by atoms with Crippen LogP contribution in [0, 0.1) is 11.3 Å². The van der Waals surface area contributed by atoms with Crippen LogP contribution in [0.25, 0.3) is 0 Å². The van der Waals surface area contributed by atoms with Gasteiger partial charge in [0, 0.05) is 6.42 Å². The van der Waals surface area contributed by atoms with Gasteiger partial charge < -0.3 is 14.6 Å². The van der Waals surface area contributed by atoms with Crippen molar-refractivity contribution in [1.82, 2.24) is 0 Å². The van der Waals surface area contributed by atoms with E-state index in [1.807, 2.05) is 6.92 Å². The number of rotatable bonds is 4. The lowest BCUT2D eigenvalue weighted by molar-refractivity contribution is -0.173. The summed E-state index contributed by atoms with van der Waals surface area (Å²) < 4.78 is 9.97. The molecule has 1 aliphatic carbocycles. The highest BCUT2D eigenvalue weighted by molar-refractivity contribution is 6.00. The van der Waals surface area contributed by atoms with Crippen LogP contribution < -0.4 is 0 Å². The van der Waals surface area contributed by atoms with Gasteiger partial charge in [0.25, 0.3) is 0 Å². The zero-order valence-corrected chi connectivity index (χ0v) is 11.5. The van der Waals surface area contributed by atoms with Gasteiger partial charge in [0.15, 0.2) is 5.41 Å². The lowest BCUT2D eigenvalue weighted by Crippen LogP contribution is -2.41. The monoisotopic (exact) mass is 258 g/mol. The molecule has 18 heavy (non-hydrogen) atoms. The molecule has 1 aliphatic rings. The van der Waals surface area contributed by atoms with Crippen LogP contribution in [-0.2, 0) is 19.1 Å². The third-order valence-corrected chi connectivity index (χ3v) is 3.71. The number of ether oxygens (including phenoxy) is 2. The SMILES string of the molecule is CCOC(=O)C1(C(=O)OCC)C[C@H](C)[C@@](C)(O)C1. The van der Waals surface area contributed by atoms with Crippen molar-refractivity contribution in [2.75, 3.05) is 13.2 Å². The van der Waals surface area contributed by atoms with E-state index in [9.17, 15) is 14.7 Å². The van der Waals surface area contributed by atoms with Crippen molar-refractivity contribution >= 4 is 11.9 Å². The molecule has 0 heterocycles. The van der Waals surface area contributed by atoms with E-state index in [-0.39, 0.29) is 32.0 Å². The largest absolute Gasteiger partial charge is 0.465 e. The molecule has 0 spiro atoms. The first-order valence-electron chi connectivity index (χ1n) is 6.37. The van der Waals surface area contributed by atoms with E-state index in [4.69, 9.17) is 9.47 Å². The van der Waals surface area contributed by atoms with Crippen molar-refractivity contribution in [3.05, 3.63) is 0 Å². The Morgan fingerprint density at radius 1 is 1.22 bits per heavy atom. The molecular formula is C13H22O5. The second-order valence-electron chi connectivity index (χ2n) is 5.16. The molecule has 0 radical (unpaired) electrons. The van der Waals surface area contributed by atoms with Crippen molar-refractivity contribution in [3.63, 3.8) is 0 Å². The molecule has 0 aromatic rings. The van der Waals surface area contributed by atoms with Gasteiger partial charge in [0.05, 0.1) is 18.8 Å². The van der Waals surface area contributed by atoms with Crippen LogP contribution in [0.1, 0.15) is 40.5 Å². The molecule has 5 heteroatoms. The topological polar surface area (TPSA) is 72.8 Å². The van der Waals surface area contributed by atoms with Crippen molar-refractivity contribution in [2.45, 2.75) is 46.1 Å². The number of carbonyl (C=O) groups excluding carboxylic acids is 2. The average molecular weight is 258 g/mol. The minimum Gasteiger partial charge on any atom is -0.465 e. The Morgan fingerprint density at radius 2 is 1.67 bits per heavy atom. The quantitative estimate of drug-likeness (QED) is 0.607. The van der Waals surface area contributed by atoms with Crippen LogP contribution in [-0.4, -0.2) is 35.9 Å². The predicted octanol–water partition coefficient (Wildman–Crippen LogP) is 1.28. The fourth-order valence-electron chi connectivity index (χ4n) is 2.53. The van der Waals surface area contributed by atoms with Crippen molar-refractivity contribution < 1.29 is 24.2 Å². The van der Waals surface area contributed by atoms with E-state index in [0.717, 1.165) is 0 Å². The first-order valence-corrected chi connectivity index (χ1v) is 6.37. The Balaban J connectivity index is 3.05. The normalized spacial score (nSPS) is 29.9. The summed E-state index contributed by atoms with van der Waals surface area (Å²) in [6.45, 7) is 7.24. The van der Waals surface area contributed by atoms with Crippen LogP contribution in [0.5, 0.6) is 0 Å². The van der Waals surface area contributed by atoms with E-state index >= 15 is 0 Å². The van der Waals surface area contributed by atoms with E-state index in [2.05, 4.69) is 0 Å². The van der Waals surface area contributed by atoms with Crippen molar-refractivity contribution in [2.24, 2.45) is 11.3 Å². The van der Waals surface area contributed by atoms with Gasteiger partial charge in [-0.2, -0.15) is 0 Å². The molecule has 0 unspecified atom stereocenters. The standard InChI is InChI=1S/C13H22O5/c1-5-17-10(14)13(11(15)18-6-2)7-9(3)12(4,16)8-13/h9,16H,5-8H2,1-4H3/t9-,12-/m0/s1. The van der Waals surface area contributed by atoms with Gasteiger partial charge >= 0.3 is 11.9 Å². The molecule has 2 atom stereocenters. The lowest BCUT2D eigenvalue weighted by atomic mass is 9.84. The van der Waals surface area contributed by atoms with E-state index in [0.29, 0.717) is 0 Å². The lowest BCUT2D eigenvalue weighted by Gasteiger charge is -2.25. The molecule has 0 bridgehead atoms. The van der Waals surface area contributed by atoms with E-state index in [1.165, 1.54) is 0 Å². The fourth-order valence-corrected chi connectivity index (χ4v) is 2.53.